The van der Waals surface area contributed by atoms with E-state index < -0.39 is 17.6 Å². The number of nitrogens with one attached hydrogen (secondary N) is 1. The SMILES string of the molecule is CN(C(=O)/C=C/C(=O)O)c1ccc2oc(=O)[nH]c2c1. The number of carbonyl (C=O) groups is 2. The van der Waals surface area contributed by atoms with Crippen LogP contribution in [-0.4, -0.2) is 29.0 Å². The number of benzene rings is 1. The third-order valence-electron chi connectivity index (χ3n) is 2.49. The topological polar surface area (TPSA) is 104 Å². The molecule has 0 aliphatic heterocycles. The Morgan fingerprint density at radius 2 is 2.11 bits per heavy atom. The molecule has 1 amide bonds. The number of carbonyl (C=O) groups excluding carboxylic acids is 1. The number of carboxylic acid groups (broad SMARTS) is 1. The van der Waals surface area contributed by atoms with Crippen LogP contribution < -0.4 is 10.7 Å². The molecule has 19 heavy (non-hydrogen) atoms. The third kappa shape index (κ3) is 2.71. The van der Waals surface area contributed by atoms with E-state index in [9.17, 15) is 14.4 Å². The summed E-state index contributed by atoms with van der Waals surface area (Å²) >= 11 is 0. The Bertz CT molecular complexity index is 725. The van der Waals surface area contributed by atoms with Gasteiger partial charge in [0.05, 0.1) is 5.52 Å². The highest BCUT2D eigenvalue weighted by atomic mass is 16.4. The molecule has 0 atom stereocenters. The summed E-state index contributed by atoms with van der Waals surface area (Å²) < 4.78 is 4.84. The van der Waals surface area contributed by atoms with E-state index in [4.69, 9.17) is 9.52 Å². The molecule has 0 aliphatic carbocycles. The molecule has 0 saturated carbocycles. The summed E-state index contributed by atoms with van der Waals surface area (Å²) in [5.41, 5.74) is 1.35. The van der Waals surface area contributed by atoms with E-state index in [0.717, 1.165) is 12.2 Å². The van der Waals surface area contributed by atoms with Crippen LogP contribution in [0.15, 0.2) is 39.6 Å². The fraction of sp³-hybridized carbons (Fsp3) is 0.0833. The normalized spacial score (nSPS) is 11.0. The minimum absolute atomic E-state index is 0.385. The summed E-state index contributed by atoms with van der Waals surface area (Å²) in [7, 11) is 1.49. The molecule has 0 radical (unpaired) electrons. The van der Waals surface area contributed by atoms with Crippen LogP contribution in [0.1, 0.15) is 0 Å². The van der Waals surface area contributed by atoms with Crippen molar-refractivity contribution in [2.75, 3.05) is 11.9 Å². The zero-order valence-corrected chi connectivity index (χ0v) is 9.91. The Morgan fingerprint density at radius 1 is 1.37 bits per heavy atom. The van der Waals surface area contributed by atoms with Gasteiger partial charge in [0.1, 0.15) is 0 Å². The van der Waals surface area contributed by atoms with Crippen molar-refractivity contribution in [2.45, 2.75) is 0 Å². The Hall–Kier alpha value is -2.83. The van der Waals surface area contributed by atoms with Crippen LogP contribution in [-0.2, 0) is 9.59 Å². The second-order valence-corrected chi connectivity index (χ2v) is 3.76. The molecule has 1 aromatic heterocycles. The first-order valence-corrected chi connectivity index (χ1v) is 5.29. The van der Waals surface area contributed by atoms with Crippen molar-refractivity contribution in [1.82, 2.24) is 4.98 Å². The number of likely N-dealkylation sites (N-methyl/N-ethyl adjacent to an activating group) is 1. The van der Waals surface area contributed by atoms with Gasteiger partial charge in [0, 0.05) is 24.9 Å². The lowest BCUT2D eigenvalue weighted by Crippen LogP contribution is -2.24. The highest BCUT2D eigenvalue weighted by molar-refractivity contribution is 6.04. The molecule has 0 bridgehead atoms. The Kier molecular flexibility index (Phi) is 3.19. The summed E-state index contributed by atoms with van der Waals surface area (Å²) in [5, 5.41) is 8.45. The highest BCUT2D eigenvalue weighted by Crippen LogP contribution is 2.19. The number of aliphatic carboxylic acids is 1. The lowest BCUT2D eigenvalue weighted by molar-refractivity contribution is -0.131. The third-order valence-corrected chi connectivity index (χ3v) is 2.49. The fourth-order valence-corrected chi connectivity index (χ4v) is 1.53. The van der Waals surface area contributed by atoms with Crippen molar-refractivity contribution in [2.24, 2.45) is 0 Å². The minimum atomic E-state index is -1.20. The number of hydrogen-bond acceptors (Lipinski definition) is 4. The zero-order chi connectivity index (χ0) is 14.0. The van der Waals surface area contributed by atoms with Gasteiger partial charge >= 0.3 is 11.7 Å². The van der Waals surface area contributed by atoms with Gasteiger partial charge in [-0.2, -0.15) is 0 Å². The number of anilines is 1. The molecule has 0 spiro atoms. The quantitative estimate of drug-likeness (QED) is 0.793. The van der Waals surface area contributed by atoms with Crippen molar-refractivity contribution in [1.29, 1.82) is 0 Å². The van der Waals surface area contributed by atoms with Crippen LogP contribution in [0.25, 0.3) is 11.1 Å². The number of aromatic nitrogens is 1. The number of nitrogens with zero attached hydrogens (tertiary/aromatic N) is 1. The number of oxazole rings is 1. The monoisotopic (exact) mass is 262 g/mol. The Labute approximate surface area is 106 Å². The van der Waals surface area contributed by atoms with Gasteiger partial charge in [-0.05, 0) is 18.2 Å². The number of amides is 1. The standard InChI is InChI=1S/C12H10N2O5/c1-14(10(15)4-5-11(16)17)7-2-3-9-8(6-7)13-12(18)19-9/h2-6H,1H3,(H,13,18)(H,16,17)/b5-4+. The number of aromatic amines is 1. The van der Waals surface area contributed by atoms with E-state index in [1.165, 1.54) is 11.9 Å². The van der Waals surface area contributed by atoms with Crippen molar-refractivity contribution in [3.63, 3.8) is 0 Å². The summed E-state index contributed by atoms with van der Waals surface area (Å²) in [6, 6.07) is 4.70. The maximum atomic E-state index is 11.7. The summed E-state index contributed by atoms with van der Waals surface area (Å²) in [5.74, 6) is -2.27. The smallest absolute Gasteiger partial charge is 0.417 e. The molecule has 2 aromatic rings. The van der Waals surface area contributed by atoms with Crippen molar-refractivity contribution in [3.8, 4) is 0 Å². The molecular weight excluding hydrogens is 252 g/mol. The van der Waals surface area contributed by atoms with E-state index in [2.05, 4.69) is 4.98 Å². The van der Waals surface area contributed by atoms with Gasteiger partial charge in [-0.1, -0.05) is 0 Å². The van der Waals surface area contributed by atoms with Crippen LogP contribution in [0.2, 0.25) is 0 Å². The van der Waals surface area contributed by atoms with Gasteiger partial charge in [0.2, 0.25) is 0 Å². The Balaban J connectivity index is 2.30. The van der Waals surface area contributed by atoms with Crippen molar-refractivity contribution >= 4 is 28.7 Å². The number of fused-ring (bicyclic) bond motifs is 1. The average Bonchev–Trinajstić information content (AvgIpc) is 2.73. The molecule has 1 aromatic carbocycles. The maximum absolute atomic E-state index is 11.7. The predicted molar refractivity (Wildman–Crippen MR) is 67.0 cm³/mol. The first kappa shape index (κ1) is 12.6. The van der Waals surface area contributed by atoms with Gasteiger partial charge in [-0.3, -0.25) is 9.78 Å². The number of rotatable bonds is 3. The van der Waals surface area contributed by atoms with Crippen LogP contribution in [0.3, 0.4) is 0 Å². The molecule has 7 nitrogen and oxygen atoms in total. The van der Waals surface area contributed by atoms with Gasteiger partial charge in [0.15, 0.2) is 5.58 Å². The average molecular weight is 262 g/mol. The number of carboxylic acids is 1. The van der Waals surface area contributed by atoms with E-state index in [-0.39, 0.29) is 0 Å². The molecule has 0 fully saturated rings. The van der Waals surface area contributed by atoms with Gasteiger partial charge < -0.3 is 14.4 Å². The van der Waals surface area contributed by atoms with Crippen LogP contribution in [0.4, 0.5) is 5.69 Å². The predicted octanol–water partition coefficient (Wildman–Crippen LogP) is 0.725. The highest BCUT2D eigenvalue weighted by Gasteiger charge is 2.10. The lowest BCUT2D eigenvalue weighted by Gasteiger charge is -2.14. The second kappa shape index (κ2) is 4.81. The van der Waals surface area contributed by atoms with Gasteiger partial charge in [0.25, 0.3) is 5.91 Å². The Morgan fingerprint density at radius 3 is 2.79 bits per heavy atom. The van der Waals surface area contributed by atoms with Gasteiger partial charge in [-0.25, -0.2) is 9.59 Å². The van der Waals surface area contributed by atoms with Crippen LogP contribution in [0, 0.1) is 0 Å². The molecule has 2 rings (SSSR count). The fourth-order valence-electron chi connectivity index (χ4n) is 1.53. The van der Waals surface area contributed by atoms with E-state index in [1.807, 2.05) is 0 Å². The molecular formula is C12H10N2O5. The van der Waals surface area contributed by atoms with E-state index in [1.54, 1.807) is 18.2 Å². The van der Waals surface area contributed by atoms with E-state index in [0.29, 0.717) is 16.8 Å². The summed E-state index contributed by atoms with van der Waals surface area (Å²) in [4.78, 5) is 36.7. The second-order valence-electron chi connectivity index (χ2n) is 3.76. The minimum Gasteiger partial charge on any atom is -0.478 e. The van der Waals surface area contributed by atoms with Gasteiger partial charge in [-0.15, -0.1) is 0 Å². The molecule has 7 heteroatoms. The molecule has 0 unspecified atom stereocenters. The van der Waals surface area contributed by atoms with Crippen molar-refractivity contribution in [3.05, 3.63) is 40.9 Å². The summed E-state index contributed by atoms with van der Waals surface area (Å²) in [6.45, 7) is 0. The van der Waals surface area contributed by atoms with E-state index >= 15 is 0 Å². The first-order valence-electron chi connectivity index (χ1n) is 5.29. The number of H-pyrrole nitrogens is 1. The molecule has 2 N–H and O–H groups in total. The van der Waals surface area contributed by atoms with Crippen LogP contribution >= 0.6 is 0 Å². The van der Waals surface area contributed by atoms with Crippen molar-refractivity contribution < 1.29 is 19.1 Å². The lowest BCUT2D eigenvalue weighted by atomic mass is 10.2. The maximum Gasteiger partial charge on any atom is 0.417 e. The summed E-state index contributed by atoms with van der Waals surface area (Å²) in [6.07, 6.45) is 1.71. The molecule has 0 aliphatic rings. The van der Waals surface area contributed by atoms with Crippen LogP contribution in [0.5, 0.6) is 0 Å². The number of hydrogen-bond donors (Lipinski definition) is 2. The molecule has 1 heterocycles. The first-order chi connectivity index (χ1) is 8.97. The molecule has 98 valence electrons. The largest absolute Gasteiger partial charge is 0.478 e. The molecule has 0 saturated heterocycles. The zero-order valence-electron chi connectivity index (χ0n) is 9.91.